The summed E-state index contributed by atoms with van der Waals surface area (Å²) < 4.78 is 5.97. The summed E-state index contributed by atoms with van der Waals surface area (Å²) in [6, 6.07) is 0. The Bertz CT molecular complexity index is 288. The molecule has 0 aromatic heterocycles. The Morgan fingerprint density at radius 3 is 2.43 bits per heavy atom. The number of rotatable bonds is 10. The topological polar surface area (TPSA) is 58.6 Å². The SMILES string of the molecule is CCCNC(CC)(CCCOC1CCCCCC1)C(=O)O. The predicted molar refractivity (Wildman–Crippen MR) is 85.6 cm³/mol. The van der Waals surface area contributed by atoms with Gasteiger partial charge in [0.1, 0.15) is 5.54 Å². The predicted octanol–water partition coefficient (Wildman–Crippen LogP) is 3.74. The smallest absolute Gasteiger partial charge is 0.323 e. The Kier molecular flexibility index (Phi) is 8.93. The molecular weight excluding hydrogens is 266 g/mol. The molecule has 4 nitrogen and oxygen atoms in total. The largest absolute Gasteiger partial charge is 0.480 e. The molecule has 0 saturated heterocycles. The molecule has 0 aliphatic heterocycles. The zero-order valence-electron chi connectivity index (χ0n) is 13.8. The molecule has 1 atom stereocenters. The van der Waals surface area contributed by atoms with E-state index in [9.17, 15) is 9.90 Å². The minimum absolute atomic E-state index is 0.400. The highest BCUT2D eigenvalue weighted by Crippen LogP contribution is 2.22. The summed E-state index contributed by atoms with van der Waals surface area (Å²) in [4.78, 5) is 11.6. The minimum atomic E-state index is -0.775. The van der Waals surface area contributed by atoms with Crippen molar-refractivity contribution in [2.24, 2.45) is 0 Å². The van der Waals surface area contributed by atoms with Crippen molar-refractivity contribution in [1.82, 2.24) is 5.32 Å². The number of aliphatic carboxylic acids is 1. The van der Waals surface area contributed by atoms with Crippen molar-refractivity contribution in [3.63, 3.8) is 0 Å². The lowest BCUT2D eigenvalue weighted by molar-refractivity contribution is -0.145. The fourth-order valence-corrected chi connectivity index (χ4v) is 3.12. The van der Waals surface area contributed by atoms with Crippen LogP contribution in [0.25, 0.3) is 0 Å². The van der Waals surface area contributed by atoms with Gasteiger partial charge in [0.05, 0.1) is 6.10 Å². The molecule has 0 bridgehead atoms. The standard InChI is InChI=1S/C17H33NO3/c1-3-13-18-17(4-2,16(19)20)12-9-14-21-15-10-7-5-6-8-11-15/h15,18H,3-14H2,1-2H3,(H,19,20). The van der Waals surface area contributed by atoms with E-state index in [0.717, 1.165) is 19.4 Å². The first-order valence-corrected chi connectivity index (χ1v) is 8.74. The summed E-state index contributed by atoms with van der Waals surface area (Å²) in [5.41, 5.74) is -0.775. The molecule has 1 unspecified atom stereocenters. The van der Waals surface area contributed by atoms with Gasteiger partial charge in [-0.15, -0.1) is 0 Å². The highest BCUT2D eigenvalue weighted by molar-refractivity contribution is 5.78. The van der Waals surface area contributed by atoms with Gasteiger partial charge in [0.25, 0.3) is 0 Å². The van der Waals surface area contributed by atoms with E-state index in [1.54, 1.807) is 0 Å². The fraction of sp³-hybridized carbons (Fsp3) is 0.941. The summed E-state index contributed by atoms with van der Waals surface area (Å²) in [6.07, 6.45) is 11.0. The lowest BCUT2D eigenvalue weighted by atomic mass is 9.90. The highest BCUT2D eigenvalue weighted by Gasteiger charge is 2.35. The second-order valence-electron chi connectivity index (χ2n) is 6.26. The normalized spacial score (nSPS) is 19.9. The number of ether oxygens (including phenoxy) is 1. The summed E-state index contributed by atoms with van der Waals surface area (Å²) in [5, 5.41) is 12.8. The van der Waals surface area contributed by atoms with E-state index in [0.29, 0.717) is 25.6 Å². The molecule has 1 fully saturated rings. The minimum Gasteiger partial charge on any atom is -0.480 e. The van der Waals surface area contributed by atoms with E-state index in [1.165, 1.54) is 38.5 Å². The second-order valence-corrected chi connectivity index (χ2v) is 6.26. The summed E-state index contributed by atoms with van der Waals surface area (Å²) in [5.74, 6) is -0.729. The van der Waals surface area contributed by atoms with Crippen LogP contribution >= 0.6 is 0 Å². The number of hydrogen-bond acceptors (Lipinski definition) is 3. The third kappa shape index (κ3) is 6.35. The summed E-state index contributed by atoms with van der Waals surface area (Å²) >= 11 is 0. The van der Waals surface area contributed by atoms with Gasteiger partial charge in [0.15, 0.2) is 0 Å². The van der Waals surface area contributed by atoms with Crippen LogP contribution in [0.1, 0.15) is 78.1 Å². The maximum absolute atomic E-state index is 11.6. The van der Waals surface area contributed by atoms with Crippen LogP contribution in [0.3, 0.4) is 0 Å². The number of hydrogen-bond donors (Lipinski definition) is 2. The van der Waals surface area contributed by atoms with E-state index >= 15 is 0 Å². The van der Waals surface area contributed by atoms with Gasteiger partial charge in [0, 0.05) is 6.61 Å². The first-order chi connectivity index (χ1) is 10.1. The maximum atomic E-state index is 11.6. The average Bonchev–Trinajstić information content (AvgIpc) is 2.75. The number of carboxylic acids is 1. The van der Waals surface area contributed by atoms with Crippen LogP contribution in [-0.4, -0.2) is 35.9 Å². The molecule has 1 rings (SSSR count). The number of carbonyl (C=O) groups is 1. The molecule has 1 aliphatic carbocycles. The van der Waals surface area contributed by atoms with Crippen molar-refractivity contribution in [2.45, 2.75) is 89.7 Å². The molecule has 0 radical (unpaired) electrons. The van der Waals surface area contributed by atoms with E-state index < -0.39 is 11.5 Å². The Balaban J connectivity index is 2.33. The summed E-state index contributed by atoms with van der Waals surface area (Å²) in [7, 11) is 0. The van der Waals surface area contributed by atoms with Crippen molar-refractivity contribution in [3.05, 3.63) is 0 Å². The molecule has 1 aliphatic rings. The zero-order chi connectivity index (χ0) is 15.6. The third-order valence-corrected chi connectivity index (χ3v) is 4.63. The van der Waals surface area contributed by atoms with Gasteiger partial charge in [-0.2, -0.15) is 0 Å². The lowest BCUT2D eigenvalue weighted by Crippen LogP contribution is -2.52. The quantitative estimate of drug-likeness (QED) is 0.476. The monoisotopic (exact) mass is 299 g/mol. The lowest BCUT2D eigenvalue weighted by Gasteiger charge is -2.29. The average molecular weight is 299 g/mol. The Labute approximate surface area is 129 Å². The van der Waals surface area contributed by atoms with Crippen molar-refractivity contribution < 1.29 is 14.6 Å². The van der Waals surface area contributed by atoms with Crippen LogP contribution in [0.5, 0.6) is 0 Å². The molecule has 2 N–H and O–H groups in total. The van der Waals surface area contributed by atoms with Gasteiger partial charge in [-0.3, -0.25) is 4.79 Å². The van der Waals surface area contributed by atoms with Crippen molar-refractivity contribution >= 4 is 5.97 Å². The van der Waals surface area contributed by atoms with E-state index in [-0.39, 0.29) is 0 Å². The zero-order valence-corrected chi connectivity index (χ0v) is 13.8. The Morgan fingerprint density at radius 2 is 1.90 bits per heavy atom. The van der Waals surface area contributed by atoms with Gasteiger partial charge in [-0.05, 0) is 45.1 Å². The van der Waals surface area contributed by atoms with Crippen LogP contribution in [0.15, 0.2) is 0 Å². The number of nitrogens with one attached hydrogen (secondary N) is 1. The molecule has 4 heteroatoms. The van der Waals surface area contributed by atoms with Crippen LogP contribution in [0.2, 0.25) is 0 Å². The second kappa shape index (κ2) is 10.2. The fourth-order valence-electron chi connectivity index (χ4n) is 3.12. The summed E-state index contributed by atoms with van der Waals surface area (Å²) in [6.45, 7) is 5.45. The van der Waals surface area contributed by atoms with Crippen LogP contribution in [0, 0.1) is 0 Å². The Morgan fingerprint density at radius 1 is 1.24 bits per heavy atom. The van der Waals surface area contributed by atoms with Gasteiger partial charge in [-0.25, -0.2) is 0 Å². The molecule has 21 heavy (non-hydrogen) atoms. The number of carboxylic acid groups (broad SMARTS) is 1. The first kappa shape index (κ1) is 18.4. The van der Waals surface area contributed by atoms with Gasteiger partial charge in [0.2, 0.25) is 0 Å². The van der Waals surface area contributed by atoms with Crippen molar-refractivity contribution in [3.8, 4) is 0 Å². The molecule has 0 aromatic rings. The van der Waals surface area contributed by atoms with Crippen LogP contribution in [-0.2, 0) is 9.53 Å². The Hall–Kier alpha value is -0.610. The van der Waals surface area contributed by atoms with Gasteiger partial charge < -0.3 is 15.2 Å². The molecule has 0 spiro atoms. The molecular formula is C17H33NO3. The van der Waals surface area contributed by atoms with Gasteiger partial charge in [-0.1, -0.05) is 39.5 Å². The maximum Gasteiger partial charge on any atom is 0.323 e. The molecule has 0 amide bonds. The van der Waals surface area contributed by atoms with Crippen molar-refractivity contribution in [1.29, 1.82) is 0 Å². The van der Waals surface area contributed by atoms with E-state index in [2.05, 4.69) is 12.2 Å². The third-order valence-electron chi connectivity index (χ3n) is 4.63. The van der Waals surface area contributed by atoms with E-state index in [1.807, 2.05) is 6.92 Å². The molecule has 124 valence electrons. The first-order valence-electron chi connectivity index (χ1n) is 8.74. The molecule has 0 heterocycles. The highest BCUT2D eigenvalue weighted by atomic mass is 16.5. The van der Waals surface area contributed by atoms with Crippen molar-refractivity contribution in [2.75, 3.05) is 13.2 Å². The van der Waals surface area contributed by atoms with Crippen LogP contribution in [0.4, 0.5) is 0 Å². The molecule has 0 aromatic carbocycles. The van der Waals surface area contributed by atoms with Gasteiger partial charge >= 0.3 is 5.97 Å². The van der Waals surface area contributed by atoms with Crippen LogP contribution < -0.4 is 5.32 Å². The van der Waals surface area contributed by atoms with E-state index in [4.69, 9.17) is 4.74 Å². The molecule has 1 saturated carbocycles.